The van der Waals surface area contributed by atoms with Gasteiger partial charge in [-0.25, -0.2) is 0 Å². The molecule has 0 aliphatic carbocycles. The van der Waals surface area contributed by atoms with Crippen LogP contribution in [0.2, 0.25) is 0 Å². The predicted molar refractivity (Wildman–Crippen MR) is 41.1 cm³/mol. The summed E-state index contributed by atoms with van der Waals surface area (Å²) in [5, 5.41) is 0. The molecular weight excluding hydrogens is 131 g/mol. The van der Waals surface area contributed by atoms with Gasteiger partial charge in [-0.2, -0.15) is 0 Å². The van der Waals surface area contributed by atoms with Crippen LogP contribution in [0.1, 0.15) is 27.7 Å². The van der Waals surface area contributed by atoms with Gasteiger partial charge in [0.05, 0.1) is 0 Å². The zero-order valence-corrected chi connectivity index (χ0v) is 7.48. The second-order valence-corrected chi connectivity index (χ2v) is 3.89. The van der Waals surface area contributed by atoms with Crippen LogP contribution in [-0.2, 0) is 4.57 Å². The molecule has 1 nitrogen and oxygen atoms in total. The summed E-state index contributed by atoms with van der Waals surface area (Å²) in [6.45, 7) is 8.43. The fraction of sp³-hybridized carbons (Fsp3) is 1.00. The minimum absolute atomic E-state index is 0.298. The van der Waals surface area contributed by atoms with Crippen LogP contribution in [0.15, 0.2) is 0 Å². The number of hydrogen-bond acceptors (Lipinski definition) is 1. The van der Waals surface area contributed by atoms with E-state index >= 15 is 0 Å². The van der Waals surface area contributed by atoms with E-state index in [1.807, 2.05) is 0 Å². The summed E-state index contributed by atoms with van der Waals surface area (Å²) in [6.07, 6.45) is 0. The predicted octanol–water partition coefficient (Wildman–Crippen LogP) is 2.96. The summed E-state index contributed by atoms with van der Waals surface area (Å²) in [6, 6.07) is 0. The maximum Gasteiger partial charge on any atom is 0.159 e. The fourth-order valence-electron chi connectivity index (χ4n) is 1.01. The number of hydrogen-bond donors (Lipinski definition) is 0. The molecule has 0 heterocycles. The monoisotopic (exact) mass is 146 g/mol. The molecule has 0 aromatic carbocycles. The molecule has 0 fully saturated rings. The van der Waals surface area contributed by atoms with Crippen LogP contribution >= 0.6 is 8.46 Å². The van der Waals surface area contributed by atoms with Crippen LogP contribution in [0.4, 0.5) is 0 Å². The molecule has 0 aromatic rings. The van der Waals surface area contributed by atoms with Crippen molar-refractivity contribution in [2.75, 3.05) is 0 Å². The van der Waals surface area contributed by atoms with Crippen LogP contribution in [0, 0.1) is 11.8 Å². The van der Waals surface area contributed by atoms with Gasteiger partial charge in [-0.15, -0.1) is 0 Å². The lowest BCUT2D eigenvalue weighted by atomic mass is 10.0. The van der Waals surface area contributed by atoms with E-state index < -0.39 is 0 Å². The average molecular weight is 146 g/mol. The maximum atomic E-state index is 10.5. The van der Waals surface area contributed by atoms with Gasteiger partial charge in [0.2, 0.25) is 0 Å². The Kier molecular flexibility index (Phi) is 4.05. The van der Waals surface area contributed by atoms with Crippen LogP contribution in [0.25, 0.3) is 0 Å². The van der Waals surface area contributed by atoms with Gasteiger partial charge in [0.25, 0.3) is 0 Å². The van der Waals surface area contributed by atoms with Crippen LogP contribution in [-0.4, -0.2) is 5.66 Å². The van der Waals surface area contributed by atoms with E-state index in [2.05, 4.69) is 27.7 Å². The minimum Gasteiger partial charge on any atom is -0.275 e. The highest BCUT2D eigenvalue weighted by molar-refractivity contribution is 7.24. The van der Waals surface area contributed by atoms with E-state index in [0.29, 0.717) is 26.0 Å². The highest BCUT2D eigenvalue weighted by atomic mass is 31.1. The third-order valence-corrected chi connectivity index (χ3v) is 2.92. The van der Waals surface area contributed by atoms with Crippen molar-refractivity contribution in [3.63, 3.8) is 0 Å². The summed E-state index contributed by atoms with van der Waals surface area (Å²) in [5.41, 5.74) is 0.338. The summed E-state index contributed by atoms with van der Waals surface area (Å²) >= 11 is 0. The van der Waals surface area contributed by atoms with E-state index in [0.717, 1.165) is 0 Å². The molecule has 0 unspecified atom stereocenters. The molecule has 0 N–H and O–H groups in total. The first-order valence-electron chi connectivity index (χ1n) is 3.42. The Morgan fingerprint density at radius 2 is 1.33 bits per heavy atom. The summed E-state index contributed by atoms with van der Waals surface area (Å²) in [4.78, 5) is 0. The molecule has 0 radical (unpaired) electrons. The molecule has 0 spiro atoms. The lowest BCUT2D eigenvalue weighted by Crippen LogP contribution is -2.14. The second-order valence-electron chi connectivity index (χ2n) is 3.08. The van der Waals surface area contributed by atoms with Gasteiger partial charge >= 0.3 is 0 Å². The molecule has 0 aromatic heterocycles. The van der Waals surface area contributed by atoms with Crippen molar-refractivity contribution < 1.29 is 4.57 Å². The molecule has 0 bridgehead atoms. The topological polar surface area (TPSA) is 17.1 Å². The zero-order valence-electron chi connectivity index (χ0n) is 6.59. The Morgan fingerprint density at radius 1 is 1.00 bits per heavy atom. The first-order valence-corrected chi connectivity index (χ1v) is 4.30. The minimum atomic E-state index is 0.298. The molecule has 0 amide bonds. The zero-order chi connectivity index (χ0) is 7.44. The third-order valence-electron chi connectivity index (χ3n) is 1.49. The van der Waals surface area contributed by atoms with E-state index in [9.17, 15) is 4.57 Å². The molecule has 0 saturated carbocycles. The summed E-state index contributed by atoms with van der Waals surface area (Å²) < 4.78 is 10.5. The van der Waals surface area contributed by atoms with Gasteiger partial charge in [0.1, 0.15) is 0 Å². The van der Waals surface area contributed by atoms with Crippen molar-refractivity contribution in [2.45, 2.75) is 33.4 Å². The largest absolute Gasteiger partial charge is 0.275 e. The van der Waals surface area contributed by atoms with E-state index in [4.69, 9.17) is 0 Å². The second kappa shape index (κ2) is 4.00. The van der Waals surface area contributed by atoms with Crippen LogP contribution in [0.5, 0.6) is 0 Å². The Bertz CT molecular complexity index is 80.9. The lowest BCUT2D eigenvalue weighted by Gasteiger charge is -2.15. The fourth-order valence-corrected chi connectivity index (χ4v) is 1.50. The van der Waals surface area contributed by atoms with E-state index in [-0.39, 0.29) is 0 Å². The highest BCUT2D eigenvalue weighted by Gasteiger charge is 2.16. The van der Waals surface area contributed by atoms with Gasteiger partial charge in [-0.3, -0.25) is 4.57 Å². The molecular formula is C7H15OP. The third kappa shape index (κ3) is 2.95. The molecule has 0 atom stereocenters. The molecule has 0 aliphatic rings. The van der Waals surface area contributed by atoms with E-state index in [1.54, 1.807) is 0 Å². The van der Waals surface area contributed by atoms with Gasteiger partial charge < -0.3 is 0 Å². The maximum absolute atomic E-state index is 10.5. The summed E-state index contributed by atoms with van der Waals surface area (Å²) in [7, 11) is 0.298. The SMILES string of the molecule is CC(C)C(P=O)C(C)C. The molecule has 54 valence electrons. The van der Waals surface area contributed by atoms with Crippen molar-refractivity contribution in [2.24, 2.45) is 11.8 Å². The number of rotatable bonds is 3. The van der Waals surface area contributed by atoms with Gasteiger partial charge in [-0.1, -0.05) is 27.7 Å². The normalized spacial score (nSPS) is 12.3. The first kappa shape index (κ1) is 9.10. The van der Waals surface area contributed by atoms with Gasteiger partial charge in [-0.05, 0) is 11.8 Å². The molecule has 9 heavy (non-hydrogen) atoms. The summed E-state index contributed by atoms with van der Waals surface area (Å²) in [5.74, 6) is 1.06. The van der Waals surface area contributed by atoms with Crippen molar-refractivity contribution >= 4 is 8.46 Å². The molecule has 0 rings (SSSR count). The van der Waals surface area contributed by atoms with Gasteiger partial charge in [0, 0.05) is 5.66 Å². The molecule has 0 aliphatic heterocycles. The van der Waals surface area contributed by atoms with Crippen molar-refractivity contribution in [1.82, 2.24) is 0 Å². The quantitative estimate of drug-likeness (QED) is 0.559. The molecule has 0 saturated heterocycles. The standard InChI is InChI=1S/C7H15OP/c1-5(2)7(9-8)6(3)4/h5-7H,1-4H3. The average Bonchev–Trinajstić information content (AvgIpc) is 1.64. The van der Waals surface area contributed by atoms with Crippen molar-refractivity contribution in [3.8, 4) is 0 Å². The van der Waals surface area contributed by atoms with Crippen molar-refractivity contribution in [1.29, 1.82) is 0 Å². The Labute approximate surface area is 59.0 Å². The van der Waals surface area contributed by atoms with Crippen molar-refractivity contribution in [3.05, 3.63) is 0 Å². The highest BCUT2D eigenvalue weighted by Crippen LogP contribution is 2.24. The Morgan fingerprint density at radius 3 is 1.33 bits per heavy atom. The van der Waals surface area contributed by atoms with Gasteiger partial charge in [0.15, 0.2) is 8.46 Å². The molecule has 2 heteroatoms. The Balaban J connectivity index is 3.82. The first-order chi connectivity index (χ1) is 4.09. The van der Waals surface area contributed by atoms with Crippen LogP contribution < -0.4 is 0 Å². The van der Waals surface area contributed by atoms with Crippen LogP contribution in [0.3, 0.4) is 0 Å². The Hall–Kier alpha value is 0.100. The lowest BCUT2D eigenvalue weighted by molar-refractivity contribution is 0.467. The van der Waals surface area contributed by atoms with E-state index in [1.165, 1.54) is 0 Å². The smallest absolute Gasteiger partial charge is 0.159 e.